The highest BCUT2D eigenvalue weighted by atomic mass is 16.7. The number of nitrogens with one attached hydrogen (secondary N) is 1. The van der Waals surface area contributed by atoms with Gasteiger partial charge in [0.15, 0.2) is 5.79 Å². The fraction of sp³-hybridized carbons (Fsp3) is 0.611. The molecule has 0 aromatic heterocycles. The Morgan fingerprint density at radius 1 is 1.08 bits per heavy atom. The molecule has 3 aliphatic rings. The van der Waals surface area contributed by atoms with Gasteiger partial charge in [-0.3, -0.25) is 0 Å². The topological polar surface area (TPSA) is 60.0 Å². The highest BCUT2D eigenvalue weighted by molar-refractivity contribution is 5.76. The average Bonchev–Trinajstić information content (AvgIpc) is 3.27. The van der Waals surface area contributed by atoms with E-state index in [1.54, 1.807) is 7.11 Å². The third-order valence-electron chi connectivity index (χ3n) is 5.36. The SMILES string of the molecule is COc1ccc(C2(NC(=O)N3CCC4(CC3)OCCO4)CC2)cc1. The molecule has 0 unspecified atom stereocenters. The highest BCUT2D eigenvalue weighted by Crippen LogP contribution is 2.46. The molecular weight excluding hydrogens is 308 g/mol. The molecule has 6 nitrogen and oxygen atoms in total. The van der Waals surface area contributed by atoms with Gasteiger partial charge < -0.3 is 24.4 Å². The molecule has 4 rings (SSSR count). The summed E-state index contributed by atoms with van der Waals surface area (Å²) in [4.78, 5) is 14.5. The van der Waals surface area contributed by atoms with Crippen LogP contribution in [0, 0.1) is 0 Å². The molecule has 3 fully saturated rings. The minimum Gasteiger partial charge on any atom is -0.497 e. The number of hydrogen-bond donors (Lipinski definition) is 1. The number of rotatable bonds is 3. The molecular formula is C18H24N2O4. The zero-order valence-electron chi connectivity index (χ0n) is 14.0. The van der Waals surface area contributed by atoms with Crippen LogP contribution in [-0.2, 0) is 15.0 Å². The van der Waals surface area contributed by atoms with Crippen molar-refractivity contribution in [3.05, 3.63) is 29.8 Å². The van der Waals surface area contributed by atoms with Crippen molar-refractivity contribution in [1.29, 1.82) is 0 Å². The summed E-state index contributed by atoms with van der Waals surface area (Å²) in [5.41, 5.74) is 0.936. The lowest BCUT2D eigenvalue weighted by molar-refractivity contribution is -0.181. The van der Waals surface area contributed by atoms with E-state index in [-0.39, 0.29) is 11.6 Å². The second-order valence-electron chi connectivity index (χ2n) is 6.84. The normalized spacial score (nSPS) is 24.0. The van der Waals surface area contributed by atoms with Crippen LogP contribution in [0.3, 0.4) is 0 Å². The first-order valence-corrected chi connectivity index (χ1v) is 8.64. The number of carbonyl (C=O) groups is 1. The maximum Gasteiger partial charge on any atom is 0.318 e. The third-order valence-corrected chi connectivity index (χ3v) is 5.36. The maximum atomic E-state index is 12.7. The molecule has 2 amide bonds. The lowest BCUT2D eigenvalue weighted by Gasteiger charge is -2.38. The molecule has 130 valence electrons. The van der Waals surface area contributed by atoms with Crippen LogP contribution in [0.4, 0.5) is 4.79 Å². The van der Waals surface area contributed by atoms with Gasteiger partial charge in [-0.05, 0) is 30.5 Å². The summed E-state index contributed by atoms with van der Waals surface area (Å²) in [5, 5.41) is 3.23. The van der Waals surface area contributed by atoms with Gasteiger partial charge in [0, 0.05) is 25.9 Å². The van der Waals surface area contributed by atoms with Crippen molar-refractivity contribution in [3.8, 4) is 5.75 Å². The lowest BCUT2D eigenvalue weighted by atomic mass is 10.0. The molecule has 2 aliphatic heterocycles. The van der Waals surface area contributed by atoms with Crippen LogP contribution in [0.25, 0.3) is 0 Å². The minimum absolute atomic E-state index is 0.0103. The standard InChI is InChI=1S/C18H24N2O4/c1-22-15-4-2-14(3-5-15)17(6-7-17)19-16(21)20-10-8-18(9-11-20)23-12-13-24-18/h2-5H,6-13H2,1H3,(H,19,21). The van der Waals surface area contributed by atoms with Crippen LogP contribution in [0.15, 0.2) is 24.3 Å². The molecule has 1 aromatic carbocycles. The predicted octanol–water partition coefficient (Wildman–Crippen LogP) is 2.23. The molecule has 2 saturated heterocycles. The Hall–Kier alpha value is -1.79. The third kappa shape index (κ3) is 2.84. The lowest BCUT2D eigenvalue weighted by Crippen LogP contribution is -2.52. The van der Waals surface area contributed by atoms with Crippen LogP contribution in [0.2, 0.25) is 0 Å². The van der Waals surface area contributed by atoms with Gasteiger partial charge in [0.25, 0.3) is 0 Å². The van der Waals surface area contributed by atoms with E-state index in [4.69, 9.17) is 14.2 Å². The quantitative estimate of drug-likeness (QED) is 0.922. The Labute approximate surface area is 142 Å². The summed E-state index contributed by atoms with van der Waals surface area (Å²) in [6, 6.07) is 7.98. The molecule has 2 heterocycles. The van der Waals surface area contributed by atoms with E-state index in [9.17, 15) is 4.79 Å². The van der Waals surface area contributed by atoms with Crippen LogP contribution in [0.5, 0.6) is 5.75 Å². The maximum absolute atomic E-state index is 12.7. The summed E-state index contributed by atoms with van der Waals surface area (Å²) in [6.45, 7) is 2.66. The number of piperidine rings is 1. The molecule has 0 bridgehead atoms. The second kappa shape index (κ2) is 5.93. The number of carbonyl (C=O) groups excluding carboxylic acids is 1. The number of urea groups is 1. The summed E-state index contributed by atoms with van der Waals surface area (Å²) in [7, 11) is 1.66. The predicted molar refractivity (Wildman–Crippen MR) is 87.9 cm³/mol. The fourth-order valence-electron chi connectivity index (χ4n) is 3.64. The fourth-order valence-corrected chi connectivity index (χ4v) is 3.64. The summed E-state index contributed by atoms with van der Waals surface area (Å²) < 4.78 is 16.6. The Bertz CT molecular complexity index is 596. The minimum atomic E-state index is -0.440. The first-order chi connectivity index (χ1) is 11.6. The van der Waals surface area contributed by atoms with Gasteiger partial charge in [-0.1, -0.05) is 12.1 Å². The van der Waals surface area contributed by atoms with Crippen molar-refractivity contribution >= 4 is 6.03 Å². The smallest absolute Gasteiger partial charge is 0.318 e. The molecule has 24 heavy (non-hydrogen) atoms. The zero-order chi connectivity index (χ0) is 16.6. The van der Waals surface area contributed by atoms with Gasteiger partial charge in [-0.15, -0.1) is 0 Å². The van der Waals surface area contributed by atoms with Crippen LogP contribution in [0.1, 0.15) is 31.2 Å². The Kier molecular flexibility index (Phi) is 3.89. The number of nitrogens with zero attached hydrogens (tertiary/aromatic N) is 1. The summed E-state index contributed by atoms with van der Waals surface area (Å²) >= 11 is 0. The van der Waals surface area contributed by atoms with Gasteiger partial charge in [0.05, 0.1) is 25.9 Å². The molecule has 1 N–H and O–H groups in total. The van der Waals surface area contributed by atoms with Crippen LogP contribution in [-0.4, -0.2) is 50.1 Å². The van der Waals surface area contributed by atoms with Gasteiger partial charge in [-0.25, -0.2) is 4.79 Å². The zero-order valence-corrected chi connectivity index (χ0v) is 14.0. The van der Waals surface area contributed by atoms with Gasteiger partial charge in [0.1, 0.15) is 5.75 Å². The molecule has 6 heteroatoms. The summed E-state index contributed by atoms with van der Waals surface area (Å²) in [6.07, 6.45) is 3.45. The first kappa shape index (κ1) is 15.7. The van der Waals surface area contributed by atoms with E-state index in [0.29, 0.717) is 26.3 Å². The van der Waals surface area contributed by atoms with Crippen molar-refractivity contribution in [2.24, 2.45) is 0 Å². The molecule has 0 radical (unpaired) electrons. The molecule has 0 atom stereocenters. The molecule has 1 saturated carbocycles. The van der Waals surface area contributed by atoms with Crippen molar-refractivity contribution < 1.29 is 19.0 Å². The first-order valence-electron chi connectivity index (χ1n) is 8.64. The molecule has 1 aliphatic carbocycles. The largest absolute Gasteiger partial charge is 0.497 e. The van der Waals surface area contributed by atoms with Crippen LogP contribution >= 0.6 is 0 Å². The van der Waals surface area contributed by atoms with Gasteiger partial charge >= 0.3 is 6.03 Å². The number of benzene rings is 1. The number of likely N-dealkylation sites (tertiary alicyclic amines) is 1. The number of methoxy groups -OCH3 is 1. The highest BCUT2D eigenvalue weighted by Gasteiger charge is 2.47. The van der Waals surface area contributed by atoms with Gasteiger partial charge in [0.2, 0.25) is 0 Å². The van der Waals surface area contributed by atoms with Crippen molar-refractivity contribution in [2.45, 2.75) is 37.0 Å². The number of ether oxygens (including phenoxy) is 3. The van der Waals surface area contributed by atoms with Crippen molar-refractivity contribution in [1.82, 2.24) is 10.2 Å². The molecule has 1 spiro atoms. The Balaban J connectivity index is 1.37. The number of amides is 2. The van der Waals surface area contributed by atoms with Gasteiger partial charge in [-0.2, -0.15) is 0 Å². The van der Waals surface area contributed by atoms with E-state index >= 15 is 0 Å². The second-order valence-corrected chi connectivity index (χ2v) is 6.84. The molecule has 1 aromatic rings. The number of hydrogen-bond acceptors (Lipinski definition) is 4. The van der Waals surface area contributed by atoms with Crippen molar-refractivity contribution in [3.63, 3.8) is 0 Å². The van der Waals surface area contributed by atoms with E-state index in [0.717, 1.165) is 37.0 Å². The summed E-state index contributed by atoms with van der Waals surface area (Å²) in [5.74, 6) is 0.392. The van der Waals surface area contributed by atoms with E-state index in [2.05, 4.69) is 5.32 Å². The Morgan fingerprint density at radius 3 is 2.25 bits per heavy atom. The average molecular weight is 332 g/mol. The van der Waals surface area contributed by atoms with E-state index < -0.39 is 5.79 Å². The van der Waals surface area contributed by atoms with E-state index in [1.165, 1.54) is 0 Å². The Morgan fingerprint density at radius 2 is 1.71 bits per heavy atom. The van der Waals surface area contributed by atoms with Crippen LogP contribution < -0.4 is 10.1 Å². The van der Waals surface area contributed by atoms with E-state index in [1.807, 2.05) is 29.2 Å². The van der Waals surface area contributed by atoms with Crippen molar-refractivity contribution in [2.75, 3.05) is 33.4 Å². The monoisotopic (exact) mass is 332 g/mol.